The second-order valence-corrected chi connectivity index (χ2v) is 6.56. The maximum absolute atomic E-state index is 3.34. The molecule has 0 amide bonds. The summed E-state index contributed by atoms with van der Waals surface area (Å²) in [5.74, 6) is 1.27. The molecular weight excluding hydrogens is 252 g/mol. The normalized spacial score (nSPS) is 15.1. The van der Waals surface area contributed by atoms with Gasteiger partial charge in [0.25, 0.3) is 0 Å². The van der Waals surface area contributed by atoms with Gasteiger partial charge in [0.1, 0.15) is 0 Å². The van der Waals surface area contributed by atoms with Crippen molar-refractivity contribution in [2.45, 2.75) is 71.1 Å². The number of nitrogens with zero attached hydrogens (tertiary/aromatic N) is 1. The number of nitrogens with one attached hydrogen (secondary N) is 1. The zero-order valence-electron chi connectivity index (χ0n) is 12.7. The average Bonchev–Trinajstić information content (AvgIpc) is 2.46. The highest BCUT2D eigenvalue weighted by Crippen LogP contribution is 2.15. The number of hydrogen-bond acceptors (Lipinski definition) is 3. The molecule has 1 heterocycles. The molecule has 0 atom stereocenters. The SMILES string of the molecule is CCCCCCCCCCCCSN1C=CCNC1. The molecule has 0 aliphatic carbocycles. The Bertz CT molecular complexity index is 219. The lowest BCUT2D eigenvalue weighted by atomic mass is 10.1. The van der Waals surface area contributed by atoms with E-state index < -0.39 is 0 Å². The van der Waals surface area contributed by atoms with Gasteiger partial charge in [-0.05, 0) is 18.4 Å². The summed E-state index contributed by atoms with van der Waals surface area (Å²) in [6, 6.07) is 0. The molecule has 0 aromatic rings. The Morgan fingerprint density at radius 2 is 1.58 bits per heavy atom. The van der Waals surface area contributed by atoms with Crippen molar-refractivity contribution in [3.05, 3.63) is 12.3 Å². The van der Waals surface area contributed by atoms with E-state index in [0.29, 0.717) is 0 Å². The standard InChI is InChI=1S/C16H32N2S/c1-2-3-4-5-6-7-8-9-10-11-15-19-18-14-12-13-17-16-18/h12,14,17H,2-11,13,15-16H2,1H3. The van der Waals surface area contributed by atoms with Crippen LogP contribution >= 0.6 is 11.9 Å². The van der Waals surface area contributed by atoms with Gasteiger partial charge in [0.05, 0.1) is 6.67 Å². The van der Waals surface area contributed by atoms with E-state index in [2.05, 4.69) is 28.8 Å². The summed E-state index contributed by atoms with van der Waals surface area (Å²) < 4.78 is 2.30. The number of rotatable bonds is 12. The fraction of sp³-hybridized carbons (Fsp3) is 0.875. The summed E-state index contributed by atoms with van der Waals surface area (Å²) in [6.45, 7) is 4.31. The van der Waals surface area contributed by atoms with E-state index in [1.165, 1.54) is 70.0 Å². The molecule has 0 aromatic heterocycles. The van der Waals surface area contributed by atoms with Gasteiger partial charge in [-0.3, -0.25) is 5.32 Å². The second kappa shape index (κ2) is 12.9. The molecule has 0 saturated heterocycles. The minimum atomic E-state index is 0.999. The van der Waals surface area contributed by atoms with Crippen LogP contribution in [-0.4, -0.2) is 23.3 Å². The minimum absolute atomic E-state index is 0.999. The molecular formula is C16H32N2S. The molecule has 0 saturated carbocycles. The third-order valence-corrected chi connectivity index (χ3v) is 4.61. The molecule has 0 radical (unpaired) electrons. The Morgan fingerprint density at radius 1 is 0.947 bits per heavy atom. The first-order valence-electron chi connectivity index (χ1n) is 8.20. The van der Waals surface area contributed by atoms with Crippen molar-refractivity contribution >= 4 is 11.9 Å². The summed E-state index contributed by atoms with van der Waals surface area (Å²) in [6.07, 6.45) is 18.7. The molecule has 0 aromatic carbocycles. The molecule has 3 heteroatoms. The van der Waals surface area contributed by atoms with E-state index in [0.717, 1.165) is 13.2 Å². The lowest BCUT2D eigenvalue weighted by molar-refractivity contribution is 0.519. The molecule has 2 nitrogen and oxygen atoms in total. The van der Waals surface area contributed by atoms with E-state index in [4.69, 9.17) is 0 Å². The van der Waals surface area contributed by atoms with Crippen LogP contribution in [0.4, 0.5) is 0 Å². The topological polar surface area (TPSA) is 15.3 Å². The molecule has 1 aliphatic rings. The molecule has 1 N–H and O–H groups in total. The van der Waals surface area contributed by atoms with Crippen LogP contribution < -0.4 is 5.32 Å². The quantitative estimate of drug-likeness (QED) is 0.404. The monoisotopic (exact) mass is 284 g/mol. The average molecular weight is 285 g/mol. The van der Waals surface area contributed by atoms with Crippen LogP contribution in [0.15, 0.2) is 12.3 Å². The van der Waals surface area contributed by atoms with Crippen LogP contribution in [0, 0.1) is 0 Å². The van der Waals surface area contributed by atoms with E-state index in [1.54, 1.807) is 0 Å². The van der Waals surface area contributed by atoms with Crippen molar-refractivity contribution in [1.29, 1.82) is 0 Å². The fourth-order valence-electron chi connectivity index (χ4n) is 2.34. The van der Waals surface area contributed by atoms with Crippen molar-refractivity contribution in [1.82, 2.24) is 9.62 Å². The van der Waals surface area contributed by atoms with Gasteiger partial charge in [0, 0.05) is 18.5 Å². The van der Waals surface area contributed by atoms with Crippen LogP contribution in [-0.2, 0) is 0 Å². The van der Waals surface area contributed by atoms with Crippen molar-refractivity contribution in [2.75, 3.05) is 19.0 Å². The number of unbranched alkanes of at least 4 members (excludes halogenated alkanes) is 9. The second-order valence-electron chi connectivity index (χ2n) is 5.43. The Balaban J connectivity index is 1.74. The summed E-state index contributed by atoms with van der Waals surface area (Å²) >= 11 is 1.96. The van der Waals surface area contributed by atoms with Crippen molar-refractivity contribution < 1.29 is 0 Å². The summed E-state index contributed by atoms with van der Waals surface area (Å²) in [5, 5.41) is 3.34. The zero-order chi connectivity index (χ0) is 13.6. The van der Waals surface area contributed by atoms with Gasteiger partial charge >= 0.3 is 0 Å². The predicted molar refractivity (Wildman–Crippen MR) is 88.2 cm³/mol. The zero-order valence-corrected chi connectivity index (χ0v) is 13.5. The molecule has 0 spiro atoms. The van der Waals surface area contributed by atoms with Gasteiger partial charge in [-0.25, -0.2) is 0 Å². The molecule has 0 unspecified atom stereocenters. The largest absolute Gasteiger partial charge is 0.310 e. The lowest BCUT2D eigenvalue weighted by Crippen LogP contribution is -2.30. The molecule has 1 aliphatic heterocycles. The fourth-order valence-corrected chi connectivity index (χ4v) is 3.26. The van der Waals surface area contributed by atoms with Crippen LogP contribution in [0.2, 0.25) is 0 Å². The van der Waals surface area contributed by atoms with Gasteiger partial charge in [0.15, 0.2) is 0 Å². The third kappa shape index (κ3) is 10.3. The number of hydrogen-bond donors (Lipinski definition) is 1. The Hall–Kier alpha value is -0.150. The summed E-state index contributed by atoms with van der Waals surface area (Å²) in [5.41, 5.74) is 0. The molecule has 112 valence electrons. The summed E-state index contributed by atoms with van der Waals surface area (Å²) in [4.78, 5) is 0. The van der Waals surface area contributed by atoms with Crippen molar-refractivity contribution in [3.8, 4) is 0 Å². The smallest absolute Gasteiger partial charge is 0.0786 e. The van der Waals surface area contributed by atoms with Gasteiger partial charge in [0.2, 0.25) is 0 Å². The van der Waals surface area contributed by atoms with E-state index in [1.807, 2.05) is 11.9 Å². The molecule has 0 fully saturated rings. The highest BCUT2D eigenvalue weighted by atomic mass is 32.2. The van der Waals surface area contributed by atoms with Gasteiger partial charge in [-0.15, -0.1) is 0 Å². The van der Waals surface area contributed by atoms with Crippen molar-refractivity contribution in [3.63, 3.8) is 0 Å². The van der Waals surface area contributed by atoms with Gasteiger partial charge in [-0.2, -0.15) is 0 Å². The van der Waals surface area contributed by atoms with Gasteiger partial charge < -0.3 is 4.31 Å². The van der Waals surface area contributed by atoms with Crippen LogP contribution in [0.25, 0.3) is 0 Å². The van der Waals surface area contributed by atoms with E-state index in [-0.39, 0.29) is 0 Å². The Morgan fingerprint density at radius 3 is 2.16 bits per heavy atom. The third-order valence-electron chi connectivity index (χ3n) is 3.56. The first-order chi connectivity index (χ1) is 9.43. The summed E-state index contributed by atoms with van der Waals surface area (Å²) in [7, 11) is 0. The Labute approximate surface area is 124 Å². The van der Waals surface area contributed by atoms with Gasteiger partial charge in [-0.1, -0.05) is 70.8 Å². The maximum atomic E-state index is 3.34. The first kappa shape index (κ1) is 16.9. The highest BCUT2D eigenvalue weighted by molar-refractivity contribution is 7.97. The highest BCUT2D eigenvalue weighted by Gasteiger charge is 2.02. The Kier molecular flexibility index (Phi) is 11.4. The molecule has 0 bridgehead atoms. The van der Waals surface area contributed by atoms with Crippen LogP contribution in [0.3, 0.4) is 0 Å². The predicted octanol–water partition coefficient (Wildman–Crippen LogP) is 4.93. The maximum Gasteiger partial charge on any atom is 0.0786 e. The molecule has 1 rings (SSSR count). The first-order valence-corrected chi connectivity index (χ1v) is 9.14. The van der Waals surface area contributed by atoms with Crippen LogP contribution in [0.5, 0.6) is 0 Å². The lowest BCUT2D eigenvalue weighted by Gasteiger charge is -2.22. The van der Waals surface area contributed by atoms with E-state index >= 15 is 0 Å². The van der Waals surface area contributed by atoms with Crippen molar-refractivity contribution in [2.24, 2.45) is 0 Å². The minimum Gasteiger partial charge on any atom is -0.310 e. The van der Waals surface area contributed by atoms with E-state index in [9.17, 15) is 0 Å². The molecule has 19 heavy (non-hydrogen) atoms. The van der Waals surface area contributed by atoms with Crippen LogP contribution in [0.1, 0.15) is 71.1 Å².